The molecule has 0 amide bonds. The van der Waals surface area contributed by atoms with Crippen LogP contribution in [0.15, 0.2) is 58.6 Å². The van der Waals surface area contributed by atoms with Crippen LogP contribution in [0.5, 0.6) is 11.5 Å². The zero-order chi connectivity index (χ0) is 21.6. The smallest absolute Gasteiger partial charge is 0.256 e. The fraction of sp³-hybridized carbons (Fsp3) is 0.333. The molecule has 0 saturated carbocycles. The Bertz CT molecular complexity index is 1080. The first-order chi connectivity index (χ1) is 15.1. The number of piperidine rings is 1. The van der Waals surface area contributed by atoms with Gasteiger partial charge in [-0.05, 0) is 74.3 Å². The van der Waals surface area contributed by atoms with Gasteiger partial charge in [-0.25, -0.2) is 4.98 Å². The number of hydrogen-bond acceptors (Lipinski definition) is 5. The summed E-state index contributed by atoms with van der Waals surface area (Å²) in [5.41, 5.74) is 2.82. The third kappa shape index (κ3) is 6.12. The fourth-order valence-corrected chi connectivity index (χ4v) is 4.48. The lowest BCUT2D eigenvalue weighted by molar-refractivity contribution is 0.219. The van der Waals surface area contributed by atoms with E-state index in [4.69, 9.17) is 16.3 Å². The summed E-state index contributed by atoms with van der Waals surface area (Å²) in [6.45, 7) is 4.76. The molecule has 3 aromatic rings. The molecule has 31 heavy (non-hydrogen) atoms. The van der Waals surface area contributed by atoms with Crippen molar-refractivity contribution in [2.45, 2.75) is 43.6 Å². The minimum Gasteiger partial charge on any atom is -0.457 e. The van der Waals surface area contributed by atoms with Crippen LogP contribution in [0.2, 0.25) is 5.02 Å². The number of benzene rings is 2. The second-order valence-corrected chi connectivity index (χ2v) is 9.20. The number of aromatic amines is 1. The van der Waals surface area contributed by atoms with Crippen LogP contribution in [-0.2, 0) is 12.3 Å². The molecular formula is C24H26ClN3O2S. The lowest BCUT2D eigenvalue weighted by atomic mass is 10.1. The Balaban J connectivity index is 1.32. The number of thioether (sulfide) groups is 1. The highest BCUT2D eigenvalue weighted by atomic mass is 35.5. The maximum absolute atomic E-state index is 12.4. The second kappa shape index (κ2) is 10.4. The molecule has 1 saturated heterocycles. The van der Waals surface area contributed by atoms with Gasteiger partial charge in [-0.2, -0.15) is 0 Å². The van der Waals surface area contributed by atoms with E-state index >= 15 is 0 Å². The van der Waals surface area contributed by atoms with E-state index in [1.165, 1.54) is 31.0 Å². The Morgan fingerprint density at radius 2 is 1.84 bits per heavy atom. The number of halogens is 1. The quantitative estimate of drug-likeness (QED) is 0.360. The Kier molecular flexibility index (Phi) is 7.33. The van der Waals surface area contributed by atoms with Gasteiger partial charge in [0, 0.05) is 29.1 Å². The van der Waals surface area contributed by atoms with Crippen molar-refractivity contribution in [1.29, 1.82) is 0 Å². The molecule has 0 unspecified atom stereocenters. The van der Waals surface area contributed by atoms with Crippen molar-refractivity contribution in [3.05, 3.63) is 80.7 Å². The van der Waals surface area contributed by atoms with E-state index in [0.29, 0.717) is 11.7 Å². The van der Waals surface area contributed by atoms with Gasteiger partial charge in [-0.3, -0.25) is 9.69 Å². The highest BCUT2D eigenvalue weighted by molar-refractivity contribution is 7.98. The number of rotatable bonds is 7. The van der Waals surface area contributed by atoms with Gasteiger partial charge in [0.2, 0.25) is 0 Å². The van der Waals surface area contributed by atoms with Crippen LogP contribution in [-0.4, -0.2) is 28.0 Å². The lowest BCUT2D eigenvalue weighted by Crippen LogP contribution is -2.31. The third-order valence-corrected chi connectivity index (χ3v) is 6.74. The van der Waals surface area contributed by atoms with Gasteiger partial charge in [-0.15, -0.1) is 0 Å². The highest BCUT2D eigenvalue weighted by Gasteiger charge is 2.13. The first kappa shape index (κ1) is 21.9. The van der Waals surface area contributed by atoms with Gasteiger partial charge >= 0.3 is 0 Å². The van der Waals surface area contributed by atoms with Gasteiger partial charge in [0.1, 0.15) is 11.5 Å². The molecule has 1 aromatic heterocycles. The third-order valence-electron chi connectivity index (χ3n) is 5.36. The van der Waals surface area contributed by atoms with Crippen LogP contribution >= 0.6 is 23.4 Å². The zero-order valence-corrected chi connectivity index (χ0v) is 19.1. The van der Waals surface area contributed by atoms with Crippen LogP contribution in [0.3, 0.4) is 0 Å². The number of ether oxygens (including phenoxy) is 1. The number of nitrogens with zero attached hydrogens (tertiary/aromatic N) is 2. The first-order valence-corrected chi connectivity index (χ1v) is 11.9. The predicted octanol–water partition coefficient (Wildman–Crippen LogP) is 5.80. The van der Waals surface area contributed by atoms with Crippen LogP contribution in [0, 0.1) is 6.92 Å². The normalized spacial score (nSPS) is 14.5. The second-order valence-electron chi connectivity index (χ2n) is 7.83. The standard InChI is InChI=1S/C24H26ClN3O2S/c1-17-13-21(9-10-22(17)25)30-20-7-5-18(6-8-20)16-31-24-26-14-19(23(29)27-24)15-28-11-3-2-4-12-28/h5-10,13-14H,2-4,11-12,15-16H2,1H3,(H,26,27,29). The molecule has 162 valence electrons. The van der Waals surface area contributed by atoms with Crippen LogP contribution < -0.4 is 10.3 Å². The van der Waals surface area contributed by atoms with Crippen LogP contribution in [0.4, 0.5) is 0 Å². The zero-order valence-electron chi connectivity index (χ0n) is 17.6. The number of aryl methyl sites for hydroxylation is 1. The summed E-state index contributed by atoms with van der Waals surface area (Å²) >= 11 is 7.58. The number of nitrogens with one attached hydrogen (secondary N) is 1. The average Bonchev–Trinajstić information content (AvgIpc) is 2.78. The number of hydrogen-bond donors (Lipinski definition) is 1. The SMILES string of the molecule is Cc1cc(Oc2ccc(CSc3ncc(CN4CCCCC4)c(=O)[nH]3)cc2)ccc1Cl. The number of H-pyrrole nitrogens is 1. The summed E-state index contributed by atoms with van der Waals surface area (Å²) in [7, 11) is 0. The highest BCUT2D eigenvalue weighted by Crippen LogP contribution is 2.27. The summed E-state index contributed by atoms with van der Waals surface area (Å²) in [6.07, 6.45) is 5.43. The van der Waals surface area contributed by atoms with E-state index in [1.54, 1.807) is 6.20 Å². The largest absolute Gasteiger partial charge is 0.457 e. The minimum absolute atomic E-state index is 0.0370. The molecule has 1 aliphatic rings. The summed E-state index contributed by atoms with van der Waals surface area (Å²) in [5, 5.41) is 1.37. The van der Waals surface area contributed by atoms with E-state index in [2.05, 4.69) is 14.9 Å². The average molecular weight is 456 g/mol. The van der Waals surface area contributed by atoms with E-state index in [1.807, 2.05) is 49.4 Å². The van der Waals surface area contributed by atoms with E-state index in [-0.39, 0.29) is 5.56 Å². The molecule has 2 heterocycles. The fourth-order valence-electron chi connectivity index (χ4n) is 3.57. The molecule has 1 N–H and O–H groups in total. The monoisotopic (exact) mass is 455 g/mol. The van der Waals surface area contributed by atoms with E-state index in [9.17, 15) is 4.79 Å². The molecule has 7 heteroatoms. The Labute approximate surface area is 191 Å². The van der Waals surface area contributed by atoms with Gasteiger partial charge < -0.3 is 9.72 Å². The van der Waals surface area contributed by atoms with E-state index in [0.717, 1.165) is 52.1 Å². The molecule has 5 nitrogen and oxygen atoms in total. The maximum Gasteiger partial charge on any atom is 0.256 e. The summed E-state index contributed by atoms with van der Waals surface area (Å²) in [5.74, 6) is 2.24. The molecule has 4 rings (SSSR count). The summed E-state index contributed by atoms with van der Waals surface area (Å²) in [4.78, 5) is 22.1. The molecule has 0 spiro atoms. The maximum atomic E-state index is 12.4. The van der Waals surface area contributed by atoms with Crippen molar-refractivity contribution in [3.63, 3.8) is 0 Å². The summed E-state index contributed by atoms with van der Waals surface area (Å²) in [6, 6.07) is 13.5. The Hall–Kier alpha value is -2.28. The first-order valence-electron chi connectivity index (χ1n) is 10.5. The van der Waals surface area contributed by atoms with E-state index < -0.39 is 0 Å². The van der Waals surface area contributed by atoms with Crippen LogP contribution in [0.1, 0.15) is 36.0 Å². The van der Waals surface area contributed by atoms with Crippen molar-refractivity contribution >= 4 is 23.4 Å². The summed E-state index contributed by atoms with van der Waals surface area (Å²) < 4.78 is 5.89. The Morgan fingerprint density at radius 1 is 1.10 bits per heavy atom. The molecule has 0 bridgehead atoms. The van der Waals surface area contributed by atoms with Crippen molar-refractivity contribution in [1.82, 2.24) is 14.9 Å². The van der Waals surface area contributed by atoms with Gasteiger partial charge in [-0.1, -0.05) is 41.9 Å². The molecule has 2 aromatic carbocycles. The van der Waals surface area contributed by atoms with Crippen molar-refractivity contribution < 1.29 is 4.74 Å². The molecule has 1 fully saturated rings. The molecule has 0 radical (unpaired) electrons. The minimum atomic E-state index is -0.0370. The molecule has 0 atom stereocenters. The van der Waals surface area contributed by atoms with Gasteiger partial charge in [0.15, 0.2) is 5.16 Å². The molecular weight excluding hydrogens is 430 g/mol. The number of aromatic nitrogens is 2. The molecule has 0 aliphatic carbocycles. The topological polar surface area (TPSA) is 58.2 Å². The van der Waals surface area contributed by atoms with Crippen molar-refractivity contribution in [3.8, 4) is 11.5 Å². The number of likely N-dealkylation sites (tertiary alicyclic amines) is 1. The predicted molar refractivity (Wildman–Crippen MR) is 126 cm³/mol. The van der Waals surface area contributed by atoms with Gasteiger partial charge in [0.05, 0.1) is 0 Å². The lowest BCUT2D eigenvalue weighted by Gasteiger charge is -2.25. The van der Waals surface area contributed by atoms with Gasteiger partial charge in [0.25, 0.3) is 5.56 Å². The van der Waals surface area contributed by atoms with Crippen LogP contribution in [0.25, 0.3) is 0 Å². The Morgan fingerprint density at radius 3 is 2.55 bits per heavy atom. The van der Waals surface area contributed by atoms with Crippen molar-refractivity contribution in [2.75, 3.05) is 13.1 Å². The van der Waals surface area contributed by atoms with Crippen molar-refractivity contribution in [2.24, 2.45) is 0 Å². The molecule has 1 aliphatic heterocycles.